The van der Waals surface area contributed by atoms with Crippen molar-refractivity contribution in [2.24, 2.45) is 0 Å². The highest BCUT2D eigenvalue weighted by atomic mass is 19.1. The Labute approximate surface area is 120 Å². The molecule has 0 heterocycles. The van der Waals surface area contributed by atoms with Gasteiger partial charge < -0.3 is 5.32 Å². The number of halogens is 1. The molecule has 1 nitrogen and oxygen atoms in total. The Kier molecular flexibility index (Phi) is 4.91. The Hall–Kier alpha value is -1.67. The topological polar surface area (TPSA) is 12.0 Å². The molecule has 0 aliphatic carbocycles. The summed E-state index contributed by atoms with van der Waals surface area (Å²) < 4.78 is 13.4. The van der Waals surface area contributed by atoms with Crippen molar-refractivity contribution in [2.45, 2.75) is 33.2 Å². The van der Waals surface area contributed by atoms with E-state index >= 15 is 0 Å². The smallest absolute Gasteiger partial charge is 0.123 e. The summed E-state index contributed by atoms with van der Waals surface area (Å²) in [6, 6.07) is 13.5. The minimum absolute atomic E-state index is 0.151. The van der Waals surface area contributed by atoms with Crippen LogP contribution in [0.3, 0.4) is 0 Å². The van der Waals surface area contributed by atoms with Gasteiger partial charge in [0.05, 0.1) is 0 Å². The van der Waals surface area contributed by atoms with Gasteiger partial charge in [0.25, 0.3) is 0 Å². The van der Waals surface area contributed by atoms with Crippen molar-refractivity contribution in [1.29, 1.82) is 0 Å². The van der Waals surface area contributed by atoms with E-state index in [0.717, 1.165) is 18.5 Å². The fourth-order valence-corrected chi connectivity index (χ4v) is 2.44. The van der Waals surface area contributed by atoms with E-state index in [9.17, 15) is 4.39 Å². The lowest BCUT2D eigenvalue weighted by Crippen LogP contribution is -2.23. The van der Waals surface area contributed by atoms with Crippen LogP contribution in [0.25, 0.3) is 0 Å². The summed E-state index contributed by atoms with van der Waals surface area (Å²) in [7, 11) is 0. The summed E-state index contributed by atoms with van der Waals surface area (Å²) in [6.45, 7) is 7.19. The first-order chi connectivity index (χ1) is 9.60. The van der Waals surface area contributed by atoms with E-state index in [1.807, 2.05) is 6.07 Å². The van der Waals surface area contributed by atoms with Crippen LogP contribution in [0.1, 0.15) is 35.2 Å². The number of aryl methyl sites for hydroxylation is 2. The zero-order chi connectivity index (χ0) is 14.5. The first kappa shape index (κ1) is 14.7. The minimum Gasteiger partial charge on any atom is -0.310 e. The van der Waals surface area contributed by atoms with Gasteiger partial charge in [-0.15, -0.1) is 0 Å². The molecule has 1 N–H and O–H groups in total. The molecule has 2 aromatic carbocycles. The van der Waals surface area contributed by atoms with Crippen LogP contribution < -0.4 is 5.32 Å². The van der Waals surface area contributed by atoms with Gasteiger partial charge in [-0.1, -0.05) is 37.3 Å². The van der Waals surface area contributed by atoms with Gasteiger partial charge in [-0.2, -0.15) is 0 Å². The molecule has 0 radical (unpaired) electrons. The van der Waals surface area contributed by atoms with E-state index in [1.54, 1.807) is 12.1 Å². The van der Waals surface area contributed by atoms with Crippen LogP contribution in [0.5, 0.6) is 0 Å². The van der Waals surface area contributed by atoms with Gasteiger partial charge in [-0.05, 0) is 61.2 Å². The Morgan fingerprint density at radius 1 is 1.05 bits per heavy atom. The van der Waals surface area contributed by atoms with Crippen molar-refractivity contribution >= 4 is 0 Å². The minimum atomic E-state index is -0.175. The van der Waals surface area contributed by atoms with Gasteiger partial charge in [-0.25, -0.2) is 4.39 Å². The Morgan fingerprint density at radius 3 is 2.50 bits per heavy atom. The Morgan fingerprint density at radius 2 is 1.85 bits per heavy atom. The molecule has 0 saturated heterocycles. The van der Waals surface area contributed by atoms with E-state index in [4.69, 9.17) is 0 Å². The van der Waals surface area contributed by atoms with E-state index < -0.39 is 0 Å². The van der Waals surface area contributed by atoms with E-state index in [1.165, 1.54) is 22.8 Å². The lowest BCUT2D eigenvalue weighted by atomic mass is 9.96. The SMILES string of the molecule is CCNC(Cc1ccc(C)c(C)c1)c1cccc(F)c1. The predicted octanol–water partition coefficient (Wildman–Crippen LogP) is 4.34. The summed E-state index contributed by atoms with van der Waals surface area (Å²) in [5.41, 5.74) is 4.89. The summed E-state index contributed by atoms with van der Waals surface area (Å²) >= 11 is 0. The number of likely N-dealkylation sites (N-methyl/N-ethyl adjacent to an activating group) is 1. The normalized spacial score (nSPS) is 12.4. The van der Waals surface area contributed by atoms with Crippen LogP contribution in [-0.4, -0.2) is 6.54 Å². The molecule has 20 heavy (non-hydrogen) atoms. The number of hydrogen-bond acceptors (Lipinski definition) is 1. The maximum absolute atomic E-state index is 13.4. The molecular weight excluding hydrogens is 249 g/mol. The second-order valence-electron chi connectivity index (χ2n) is 5.29. The van der Waals surface area contributed by atoms with Crippen LogP contribution in [0.4, 0.5) is 4.39 Å². The molecule has 0 spiro atoms. The maximum atomic E-state index is 13.4. The average molecular weight is 271 g/mol. The van der Waals surface area contributed by atoms with E-state index in [0.29, 0.717) is 0 Å². The number of nitrogens with one attached hydrogen (secondary N) is 1. The molecule has 0 saturated carbocycles. The molecule has 0 aliphatic rings. The van der Waals surface area contributed by atoms with Crippen LogP contribution in [0, 0.1) is 19.7 Å². The van der Waals surface area contributed by atoms with Gasteiger partial charge in [0.15, 0.2) is 0 Å². The first-order valence-electron chi connectivity index (χ1n) is 7.15. The molecular formula is C18H22FN. The van der Waals surface area contributed by atoms with Crippen molar-refractivity contribution in [3.63, 3.8) is 0 Å². The largest absolute Gasteiger partial charge is 0.310 e. The predicted molar refractivity (Wildman–Crippen MR) is 82.4 cm³/mol. The molecule has 2 rings (SSSR count). The third-order valence-electron chi connectivity index (χ3n) is 3.71. The molecule has 0 aromatic heterocycles. The van der Waals surface area contributed by atoms with Crippen molar-refractivity contribution in [3.05, 3.63) is 70.5 Å². The molecule has 0 fully saturated rings. The molecule has 0 bridgehead atoms. The van der Waals surface area contributed by atoms with E-state index in [-0.39, 0.29) is 11.9 Å². The quantitative estimate of drug-likeness (QED) is 0.853. The Balaban J connectivity index is 2.22. The second-order valence-corrected chi connectivity index (χ2v) is 5.29. The second kappa shape index (κ2) is 6.67. The highest BCUT2D eigenvalue weighted by Crippen LogP contribution is 2.21. The molecule has 0 amide bonds. The van der Waals surface area contributed by atoms with Gasteiger partial charge in [-0.3, -0.25) is 0 Å². The highest BCUT2D eigenvalue weighted by Gasteiger charge is 2.12. The van der Waals surface area contributed by atoms with Crippen LogP contribution in [-0.2, 0) is 6.42 Å². The van der Waals surface area contributed by atoms with Crippen molar-refractivity contribution < 1.29 is 4.39 Å². The first-order valence-corrected chi connectivity index (χ1v) is 7.15. The lowest BCUT2D eigenvalue weighted by Gasteiger charge is -2.19. The molecule has 1 atom stereocenters. The molecule has 106 valence electrons. The zero-order valence-electron chi connectivity index (χ0n) is 12.4. The zero-order valence-corrected chi connectivity index (χ0v) is 12.4. The van der Waals surface area contributed by atoms with E-state index in [2.05, 4.69) is 44.3 Å². The van der Waals surface area contributed by atoms with Crippen LogP contribution >= 0.6 is 0 Å². The summed E-state index contributed by atoms with van der Waals surface area (Å²) in [5, 5.41) is 3.44. The lowest BCUT2D eigenvalue weighted by molar-refractivity contribution is 0.542. The van der Waals surface area contributed by atoms with Crippen LogP contribution in [0.2, 0.25) is 0 Å². The number of rotatable bonds is 5. The third-order valence-corrected chi connectivity index (χ3v) is 3.71. The number of hydrogen-bond donors (Lipinski definition) is 1. The van der Waals surface area contributed by atoms with Crippen LogP contribution in [0.15, 0.2) is 42.5 Å². The third kappa shape index (κ3) is 3.67. The fourth-order valence-electron chi connectivity index (χ4n) is 2.44. The average Bonchev–Trinajstić information content (AvgIpc) is 2.42. The van der Waals surface area contributed by atoms with Crippen molar-refractivity contribution in [1.82, 2.24) is 5.32 Å². The molecule has 0 aliphatic heterocycles. The molecule has 1 unspecified atom stereocenters. The Bertz CT molecular complexity index is 577. The summed E-state index contributed by atoms with van der Waals surface area (Å²) in [6.07, 6.45) is 0.873. The standard InChI is InChI=1S/C18H22FN/c1-4-20-18(16-6-5-7-17(19)12-16)11-15-9-8-13(2)14(3)10-15/h5-10,12,18,20H,4,11H2,1-3H3. The van der Waals surface area contributed by atoms with Gasteiger partial charge in [0.1, 0.15) is 5.82 Å². The maximum Gasteiger partial charge on any atom is 0.123 e. The highest BCUT2D eigenvalue weighted by molar-refractivity contribution is 5.31. The monoisotopic (exact) mass is 271 g/mol. The van der Waals surface area contributed by atoms with Crippen molar-refractivity contribution in [2.75, 3.05) is 6.54 Å². The number of benzene rings is 2. The fraction of sp³-hybridized carbons (Fsp3) is 0.333. The summed E-state index contributed by atoms with van der Waals surface area (Å²) in [4.78, 5) is 0. The van der Waals surface area contributed by atoms with Gasteiger partial charge >= 0.3 is 0 Å². The molecule has 2 aromatic rings. The summed E-state index contributed by atoms with van der Waals surface area (Å²) in [5.74, 6) is -0.175. The van der Waals surface area contributed by atoms with Gasteiger partial charge in [0, 0.05) is 6.04 Å². The molecule has 2 heteroatoms. The van der Waals surface area contributed by atoms with Gasteiger partial charge in [0.2, 0.25) is 0 Å². The van der Waals surface area contributed by atoms with Crippen molar-refractivity contribution in [3.8, 4) is 0 Å².